The van der Waals surface area contributed by atoms with Crippen molar-refractivity contribution in [1.29, 1.82) is 0 Å². The largest absolute Gasteiger partial charge is 0.368 e. The maximum atomic E-state index is 12.0. The first-order valence-corrected chi connectivity index (χ1v) is 9.48. The lowest BCUT2D eigenvalue weighted by molar-refractivity contribution is 0.585. The third-order valence-electron chi connectivity index (χ3n) is 3.07. The fourth-order valence-corrected chi connectivity index (χ4v) is 4.26. The molecule has 6 nitrogen and oxygen atoms in total. The van der Waals surface area contributed by atoms with E-state index in [-0.39, 0.29) is 6.54 Å². The average molecular weight is 369 g/mol. The van der Waals surface area contributed by atoms with E-state index in [1.165, 1.54) is 17.7 Å². The minimum absolute atomic E-state index is 0.249. The van der Waals surface area contributed by atoms with Gasteiger partial charge in [-0.15, -0.1) is 11.3 Å². The molecule has 0 aliphatic carbocycles. The van der Waals surface area contributed by atoms with Crippen LogP contribution in [0.5, 0.6) is 0 Å². The van der Waals surface area contributed by atoms with Crippen molar-refractivity contribution in [2.45, 2.75) is 4.21 Å². The lowest BCUT2D eigenvalue weighted by Crippen LogP contribution is -2.28. The van der Waals surface area contributed by atoms with Gasteiger partial charge in [-0.1, -0.05) is 17.7 Å². The summed E-state index contributed by atoms with van der Waals surface area (Å²) < 4.78 is 26.8. The number of benzene rings is 1. The minimum atomic E-state index is -3.44. The number of rotatable bonds is 6. The fraction of sp³-hybridized carbons (Fsp3) is 0.143. The Bertz CT molecular complexity index is 914. The number of thiophene rings is 1. The van der Waals surface area contributed by atoms with E-state index in [2.05, 4.69) is 20.0 Å². The predicted octanol–water partition coefficient (Wildman–Crippen LogP) is 2.74. The Kier molecular flexibility index (Phi) is 4.76. The summed E-state index contributed by atoms with van der Waals surface area (Å²) in [6, 6.07) is 8.62. The zero-order valence-corrected chi connectivity index (χ0v) is 14.2. The number of nitrogens with zero attached hydrogens (tertiary/aromatic N) is 2. The summed E-state index contributed by atoms with van der Waals surface area (Å²) in [6.45, 7) is 0.651. The van der Waals surface area contributed by atoms with Gasteiger partial charge in [0.25, 0.3) is 0 Å². The lowest BCUT2D eigenvalue weighted by atomic mass is 10.2. The number of sulfonamides is 1. The molecule has 0 saturated heterocycles. The molecule has 0 radical (unpaired) electrons. The molecule has 0 saturated carbocycles. The van der Waals surface area contributed by atoms with Gasteiger partial charge in [-0.25, -0.2) is 23.1 Å². The fourth-order valence-electron chi connectivity index (χ4n) is 2.02. The Morgan fingerprint density at radius 1 is 1.17 bits per heavy atom. The van der Waals surface area contributed by atoms with Gasteiger partial charge in [0.15, 0.2) is 0 Å². The van der Waals surface area contributed by atoms with E-state index in [4.69, 9.17) is 11.6 Å². The molecule has 2 aromatic heterocycles. The Morgan fingerprint density at radius 3 is 2.83 bits per heavy atom. The maximum Gasteiger partial charge on any atom is 0.250 e. The number of hydrogen-bond donors (Lipinski definition) is 2. The van der Waals surface area contributed by atoms with Gasteiger partial charge in [0.2, 0.25) is 10.0 Å². The van der Waals surface area contributed by atoms with Crippen molar-refractivity contribution >= 4 is 49.7 Å². The van der Waals surface area contributed by atoms with Gasteiger partial charge >= 0.3 is 0 Å². The van der Waals surface area contributed by atoms with Crippen LogP contribution in [0.1, 0.15) is 0 Å². The Labute approximate surface area is 142 Å². The van der Waals surface area contributed by atoms with E-state index in [1.54, 1.807) is 29.6 Å². The van der Waals surface area contributed by atoms with E-state index < -0.39 is 10.0 Å². The van der Waals surface area contributed by atoms with Gasteiger partial charge in [0.05, 0.1) is 5.52 Å². The zero-order chi connectivity index (χ0) is 16.3. The van der Waals surface area contributed by atoms with Gasteiger partial charge in [-0.3, -0.25) is 0 Å². The molecule has 2 N–H and O–H groups in total. The molecule has 23 heavy (non-hydrogen) atoms. The highest BCUT2D eigenvalue weighted by molar-refractivity contribution is 7.91. The van der Waals surface area contributed by atoms with Gasteiger partial charge in [0, 0.05) is 23.5 Å². The van der Waals surface area contributed by atoms with E-state index in [1.807, 2.05) is 6.07 Å². The third kappa shape index (κ3) is 3.78. The molecule has 0 fully saturated rings. The van der Waals surface area contributed by atoms with Crippen LogP contribution >= 0.6 is 22.9 Å². The van der Waals surface area contributed by atoms with Crippen molar-refractivity contribution in [1.82, 2.24) is 14.7 Å². The Hall–Kier alpha value is -1.74. The summed E-state index contributed by atoms with van der Waals surface area (Å²) in [5.74, 6) is 0.641. The van der Waals surface area contributed by atoms with Gasteiger partial charge in [0.1, 0.15) is 16.4 Å². The second-order valence-corrected chi connectivity index (χ2v) is 8.02. The standard InChI is InChI=1S/C14H13ClN4O2S2/c15-10-3-4-11-12(8-10)17-9-18-14(11)16-5-6-19-23(20,21)13-2-1-7-22-13/h1-4,7-9,19H,5-6H2,(H,16,17,18). The summed E-state index contributed by atoms with van der Waals surface area (Å²) in [6.07, 6.45) is 1.44. The number of aromatic nitrogens is 2. The van der Waals surface area contributed by atoms with Crippen molar-refractivity contribution in [2.24, 2.45) is 0 Å². The summed E-state index contributed by atoms with van der Waals surface area (Å²) in [4.78, 5) is 8.34. The van der Waals surface area contributed by atoms with Crippen molar-refractivity contribution < 1.29 is 8.42 Å². The molecule has 0 bridgehead atoms. The third-order valence-corrected chi connectivity index (χ3v) is 6.16. The van der Waals surface area contributed by atoms with Crippen molar-refractivity contribution in [3.8, 4) is 0 Å². The number of hydrogen-bond acceptors (Lipinski definition) is 6. The van der Waals surface area contributed by atoms with Crippen LogP contribution in [0, 0.1) is 0 Å². The van der Waals surface area contributed by atoms with E-state index in [0.717, 1.165) is 10.9 Å². The molecule has 9 heteroatoms. The first-order chi connectivity index (χ1) is 11.1. The predicted molar refractivity (Wildman–Crippen MR) is 92.5 cm³/mol. The highest BCUT2D eigenvalue weighted by Gasteiger charge is 2.13. The van der Waals surface area contributed by atoms with E-state index in [9.17, 15) is 8.42 Å². The summed E-state index contributed by atoms with van der Waals surface area (Å²) in [5.41, 5.74) is 0.731. The monoisotopic (exact) mass is 368 g/mol. The number of halogens is 1. The molecular weight excluding hydrogens is 356 g/mol. The molecule has 3 rings (SSSR count). The highest BCUT2D eigenvalue weighted by atomic mass is 35.5. The first-order valence-electron chi connectivity index (χ1n) is 6.73. The summed E-state index contributed by atoms with van der Waals surface area (Å²) in [7, 11) is -3.44. The second kappa shape index (κ2) is 6.79. The van der Waals surface area contributed by atoms with Gasteiger partial charge in [-0.2, -0.15) is 0 Å². The van der Waals surface area contributed by atoms with Crippen LogP contribution in [0.3, 0.4) is 0 Å². The Morgan fingerprint density at radius 2 is 2.04 bits per heavy atom. The van der Waals surface area contributed by atoms with Gasteiger partial charge in [-0.05, 0) is 29.6 Å². The van der Waals surface area contributed by atoms with Crippen LogP contribution in [0.2, 0.25) is 5.02 Å². The molecule has 120 valence electrons. The normalized spacial score (nSPS) is 11.7. The van der Waals surface area contributed by atoms with E-state index in [0.29, 0.717) is 21.6 Å². The van der Waals surface area contributed by atoms with Crippen LogP contribution < -0.4 is 10.0 Å². The minimum Gasteiger partial charge on any atom is -0.368 e. The second-order valence-electron chi connectivity index (χ2n) is 4.64. The molecule has 0 aliphatic heterocycles. The molecule has 0 aliphatic rings. The zero-order valence-electron chi connectivity index (χ0n) is 11.9. The van der Waals surface area contributed by atoms with Crippen LogP contribution in [0.25, 0.3) is 10.9 Å². The lowest BCUT2D eigenvalue weighted by Gasteiger charge is -2.09. The molecule has 3 aromatic rings. The maximum absolute atomic E-state index is 12.0. The van der Waals surface area contributed by atoms with Crippen molar-refractivity contribution in [3.05, 3.63) is 47.1 Å². The number of fused-ring (bicyclic) bond motifs is 1. The van der Waals surface area contributed by atoms with Crippen molar-refractivity contribution in [3.63, 3.8) is 0 Å². The summed E-state index contributed by atoms with van der Waals surface area (Å²) in [5, 5.41) is 6.27. The molecule has 0 spiro atoms. The van der Waals surface area contributed by atoms with Crippen molar-refractivity contribution in [2.75, 3.05) is 18.4 Å². The molecular formula is C14H13ClN4O2S2. The number of anilines is 1. The van der Waals surface area contributed by atoms with Crippen LogP contribution in [-0.4, -0.2) is 31.5 Å². The molecule has 0 amide bonds. The number of nitrogens with one attached hydrogen (secondary N) is 2. The van der Waals surface area contributed by atoms with Crippen LogP contribution in [0.4, 0.5) is 5.82 Å². The Balaban J connectivity index is 1.63. The molecule has 0 unspecified atom stereocenters. The molecule has 2 heterocycles. The van der Waals surface area contributed by atoms with E-state index >= 15 is 0 Å². The quantitative estimate of drug-likeness (QED) is 0.653. The topological polar surface area (TPSA) is 84.0 Å². The van der Waals surface area contributed by atoms with Crippen LogP contribution in [-0.2, 0) is 10.0 Å². The SMILES string of the molecule is O=S(=O)(NCCNc1ncnc2cc(Cl)ccc12)c1cccs1. The average Bonchev–Trinajstić information content (AvgIpc) is 3.06. The molecule has 1 aromatic carbocycles. The highest BCUT2D eigenvalue weighted by Crippen LogP contribution is 2.22. The van der Waals surface area contributed by atoms with Gasteiger partial charge < -0.3 is 5.32 Å². The summed E-state index contributed by atoms with van der Waals surface area (Å²) >= 11 is 7.12. The molecule has 0 atom stereocenters. The first kappa shape index (κ1) is 16.1. The van der Waals surface area contributed by atoms with Crippen LogP contribution in [0.15, 0.2) is 46.2 Å². The smallest absolute Gasteiger partial charge is 0.250 e.